The number of hydrogen-bond donors (Lipinski definition) is 1. The van der Waals surface area contributed by atoms with Crippen molar-refractivity contribution >= 4 is 0 Å². The quantitative estimate of drug-likeness (QED) is 0.679. The summed E-state index contributed by atoms with van der Waals surface area (Å²) in [6.07, 6.45) is 5.89. The van der Waals surface area contributed by atoms with Gasteiger partial charge in [0, 0.05) is 6.54 Å². The molecule has 0 aliphatic carbocycles. The molecule has 1 heterocycles. The molecule has 0 aromatic rings. The summed E-state index contributed by atoms with van der Waals surface area (Å²) in [6, 6.07) is 0. The Balaban J connectivity index is 2.03. The van der Waals surface area contributed by atoms with Gasteiger partial charge in [0.2, 0.25) is 0 Å². The zero-order valence-electron chi connectivity index (χ0n) is 8.13. The smallest absolute Gasteiger partial charge is 0.0667 e. The highest BCUT2D eigenvalue weighted by molar-refractivity contribution is 4.69. The van der Waals surface area contributed by atoms with Crippen LogP contribution in [0.15, 0.2) is 0 Å². The zero-order chi connectivity index (χ0) is 8.81. The van der Waals surface area contributed by atoms with E-state index in [-0.39, 0.29) is 6.10 Å². The van der Waals surface area contributed by atoms with Crippen LogP contribution in [-0.4, -0.2) is 35.7 Å². The minimum Gasteiger partial charge on any atom is -0.392 e. The highest BCUT2D eigenvalue weighted by Gasteiger charge is 2.14. The van der Waals surface area contributed by atoms with Gasteiger partial charge in [0.15, 0.2) is 0 Å². The first-order chi connectivity index (χ1) is 5.83. The summed E-state index contributed by atoms with van der Waals surface area (Å²) < 4.78 is 0. The van der Waals surface area contributed by atoms with Gasteiger partial charge in [0.05, 0.1) is 6.10 Å². The van der Waals surface area contributed by atoms with E-state index < -0.39 is 0 Å². The van der Waals surface area contributed by atoms with Gasteiger partial charge in [0.25, 0.3) is 0 Å². The Hall–Kier alpha value is -0.0800. The normalized spacial score (nSPS) is 21.5. The Morgan fingerprint density at radius 3 is 2.58 bits per heavy atom. The van der Waals surface area contributed by atoms with Gasteiger partial charge in [-0.15, -0.1) is 0 Å². The number of aliphatic hydroxyl groups is 1. The van der Waals surface area contributed by atoms with Gasteiger partial charge in [-0.3, -0.25) is 0 Å². The molecule has 0 bridgehead atoms. The summed E-state index contributed by atoms with van der Waals surface area (Å²) in [5.41, 5.74) is 0. The van der Waals surface area contributed by atoms with E-state index >= 15 is 0 Å². The first-order valence-electron chi connectivity index (χ1n) is 5.23. The first-order valence-corrected chi connectivity index (χ1v) is 5.23. The van der Waals surface area contributed by atoms with E-state index in [0.29, 0.717) is 0 Å². The third kappa shape index (κ3) is 3.55. The fraction of sp³-hybridized carbons (Fsp3) is 1.00. The van der Waals surface area contributed by atoms with Crippen molar-refractivity contribution in [2.24, 2.45) is 0 Å². The number of hydrogen-bond acceptors (Lipinski definition) is 2. The highest BCUT2D eigenvalue weighted by atomic mass is 16.3. The Labute approximate surface area is 75.6 Å². The number of likely N-dealkylation sites (tertiary alicyclic amines) is 1. The molecule has 0 aromatic carbocycles. The fourth-order valence-electron chi connectivity index (χ4n) is 1.79. The maximum atomic E-state index is 9.60. The minimum atomic E-state index is -0.0805. The Kier molecular flexibility index (Phi) is 4.62. The lowest BCUT2D eigenvalue weighted by Gasteiger charge is -2.18. The lowest BCUT2D eigenvalue weighted by Crippen LogP contribution is -2.29. The van der Waals surface area contributed by atoms with Crippen LogP contribution >= 0.6 is 0 Å². The van der Waals surface area contributed by atoms with Crippen molar-refractivity contribution in [1.82, 2.24) is 4.90 Å². The van der Waals surface area contributed by atoms with Gasteiger partial charge in [0.1, 0.15) is 0 Å². The van der Waals surface area contributed by atoms with Crippen molar-refractivity contribution in [3.63, 3.8) is 0 Å². The van der Waals surface area contributed by atoms with Crippen LogP contribution in [0.2, 0.25) is 0 Å². The molecule has 2 nitrogen and oxygen atoms in total. The van der Waals surface area contributed by atoms with Crippen LogP contribution < -0.4 is 0 Å². The molecule has 1 rings (SSSR count). The van der Waals surface area contributed by atoms with Crippen molar-refractivity contribution in [3.05, 3.63) is 0 Å². The molecule has 1 fully saturated rings. The summed E-state index contributed by atoms with van der Waals surface area (Å²) in [7, 11) is 0. The van der Waals surface area contributed by atoms with E-state index in [1.165, 1.54) is 32.4 Å². The molecular weight excluding hydrogens is 150 g/mol. The second-order valence-corrected chi connectivity index (χ2v) is 3.80. The van der Waals surface area contributed by atoms with Gasteiger partial charge < -0.3 is 10.0 Å². The zero-order valence-corrected chi connectivity index (χ0v) is 8.13. The lowest BCUT2D eigenvalue weighted by molar-refractivity contribution is 0.115. The van der Waals surface area contributed by atoms with Crippen LogP contribution in [-0.2, 0) is 0 Å². The molecule has 1 aliphatic heterocycles. The third-order valence-corrected chi connectivity index (χ3v) is 2.56. The van der Waals surface area contributed by atoms with Gasteiger partial charge in [-0.2, -0.15) is 0 Å². The Morgan fingerprint density at radius 2 is 2.00 bits per heavy atom. The van der Waals surface area contributed by atoms with E-state index in [1.54, 1.807) is 0 Å². The largest absolute Gasteiger partial charge is 0.392 e. The maximum Gasteiger partial charge on any atom is 0.0667 e. The lowest BCUT2D eigenvalue weighted by atomic mass is 10.1. The topological polar surface area (TPSA) is 23.5 Å². The first kappa shape index (κ1) is 10.0. The van der Waals surface area contributed by atoms with Crippen LogP contribution in [0, 0.1) is 0 Å². The highest BCUT2D eigenvalue weighted by Crippen LogP contribution is 2.09. The molecule has 0 saturated carbocycles. The predicted octanol–water partition coefficient (Wildman–Crippen LogP) is 1.63. The van der Waals surface area contributed by atoms with Gasteiger partial charge in [-0.05, 0) is 32.4 Å². The number of unbranched alkanes of at least 4 members (excludes halogenated alkanes) is 1. The monoisotopic (exact) mass is 171 g/mol. The summed E-state index contributed by atoms with van der Waals surface area (Å²) in [4.78, 5) is 2.38. The van der Waals surface area contributed by atoms with E-state index in [9.17, 15) is 5.11 Å². The second kappa shape index (κ2) is 5.55. The van der Waals surface area contributed by atoms with Crippen molar-refractivity contribution in [2.75, 3.05) is 19.6 Å². The molecule has 0 spiro atoms. The molecule has 72 valence electrons. The van der Waals surface area contributed by atoms with Crippen molar-refractivity contribution in [2.45, 2.75) is 45.1 Å². The molecule has 2 heteroatoms. The predicted molar refractivity (Wildman–Crippen MR) is 51.2 cm³/mol. The summed E-state index contributed by atoms with van der Waals surface area (Å²) in [6.45, 7) is 5.47. The average Bonchev–Trinajstić information content (AvgIpc) is 2.53. The fourth-order valence-corrected chi connectivity index (χ4v) is 1.79. The molecule has 1 aliphatic rings. The van der Waals surface area contributed by atoms with Crippen LogP contribution in [0.25, 0.3) is 0 Å². The number of rotatable bonds is 5. The van der Waals surface area contributed by atoms with E-state index in [1.807, 2.05) is 0 Å². The van der Waals surface area contributed by atoms with Gasteiger partial charge >= 0.3 is 0 Å². The van der Waals surface area contributed by atoms with E-state index in [2.05, 4.69) is 11.8 Å². The van der Waals surface area contributed by atoms with E-state index in [4.69, 9.17) is 0 Å². The molecular formula is C10H21NO. The molecule has 12 heavy (non-hydrogen) atoms. The van der Waals surface area contributed by atoms with Crippen LogP contribution in [0.5, 0.6) is 0 Å². The minimum absolute atomic E-state index is 0.0805. The molecule has 0 aromatic heterocycles. The molecule has 1 N–H and O–H groups in total. The number of β-amino-alcohol motifs (C(OH)–C–C–N with tert-alkyl or cyclic N) is 1. The van der Waals surface area contributed by atoms with Crippen molar-refractivity contribution in [1.29, 1.82) is 0 Å². The van der Waals surface area contributed by atoms with E-state index in [0.717, 1.165) is 19.4 Å². The SMILES string of the molecule is CCCC[C@H](O)CN1CCCC1. The molecule has 0 radical (unpaired) electrons. The number of aliphatic hydroxyl groups excluding tert-OH is 1. The molecule has 1 saturated heterocycles. The standard InChI is InChI=1S/C10H21NO/c1-2-3-6-10(12)9-11-7-4-5-8-11/h10,12H,2-9H2,1H3/t10-/m0/s1. The molecule has 0 unspecified atom stereocenters. The van der Waals surface area contributed by atoms with Crippen molar-refractivity contribution < 1.29 is 5.11 Å². The summed E-state index contributed by atoms with van der Waals surface area (Å²) >= 11 is 0. The molecule has 0 amide bonds. The van der Waals surface area contributed by atoms with Crippen LogP contribution in [0.4, 0.5) is 0 Å². The Morgan fingerprint density at radius 1 is 1.33 bits per heavy atom. The Bertz CT molecular complexity index is 110. The maximum absolute atomic E-state index is 9.60. The summed E-state index contributed by atoms with van der Waals surface area (Å²) in [5, 5.41) is 9.60. The molecule has 1 atom stereocenters. The van der Waals surface area contributed by atoms with Gasteiger partial charge in [-0.1, -0.05) is 19.8 Å². The van der Waals surface area contributed by atoms with Crippen LogP contribution in [0.3, 0.4) is 0 Å². The third-order valence-electron chi connectivity index (χ3n) is 2.56. The van der Waals surface area contributed by atoms with Crippen LogP contribution in [0.1, 0.15) is 39.0 Å². The van der Waals surface area contributed by atoms with Crippen molar-refractivity contribution in [3.8, 4) is 0 Å². The second-order valence-electron chi connectivity index (χ2n) is 3.80. The summed E-state index contributed by atoms with van der Waals surface area (Å²) in [5.74, 6) is 0. The number of nitrogens with zero attached hydrogens (tertiary/aromatic N) is 1. The van der Waals surface area contributed by atoms with Gasteiger partial charge in [-0.25, -0.2) is 0 Å². The average molecular weight is 171 g/mol.